The lowest BCUT2D eigenvalue weighted by atomic mass is 10.1. The summed E-state index contributed by atoms with van der Waals surface area (Å²) in [6.07, 6.45) is 0.998. The number of carbonyl (C=O) groups is 2. The molecule has 0 aliphatic carbocycles. The Hall–Kier alpha value is -3.08. The lowest BCUT2D eigenvalue weighted by molar-refractivity contribution is -0.146. The number of esters is 1. The van der Waals surface area contributed by atoms with E-state index < -0.39 is 23.7 Å². The van der Waals surface area contributed by atoms with E-state index in [1.165, 1.54) is 0 Å². The topological polar surface area (TPSA) is 64.6 Å². The second kappa shape index (κ2) is 9.74. The molecule has 5 heteroatoms. The molecular formula is C23H27NO4. The fourth-order valence-electron chi connectivity index (χ4n) is 2.47. The van der Waals surface area contributed by atoms with Gasteiger partial charge in [0.25, 0.3) is 0 Å². The van der Waals surface area contributed by atoms with E-state index in [2.05, 4.69) is 5.32 Å². The van der Waals surface area contributed by atoms with Crippen molar-refractivity contribution >= 4 is 17.6 Å². The second-order valence-electron chi connectivity index (χ2n) is 7.43. The van der Waals surface area contributed by atoms with Crippen molar-refractivity contribution in [1.82, 2.24) is 5.32 Å². The van der Waals surface area contributed by atoms with Gasteiger partial charge in [-0.3, -0.25) is 0 Å². The predicted octanol–water partition coefficient (Wildman–Crippen LogP) is 4.73. The van der Waals surface area contributed by atoms with Gasteiger partial charge in [-0.2, -0.15) is 0 Å². The zero-order valence-electron chi connectivity index (χ0n) is 16.8. The molecule has 2 aromatic carbocycles. The van der Waals surface area contributed by atoms with E-state index in [9.17, 15) is 9.59 Å². The molecule has 0 bridgehead atoms. The largest absolute Gasteiger partial charge is 0.459 e. The third-order valence-corrected chi connectivity index (χ3v) is 3.80. The maximum absolute atomic E-state index is 12.6. The molecule has 1 atom stereocenters. The molecule has 1 amide bonds. The van der Waals surface area contributed by atoms with E-state index in [0.29, 0.717) is 0 Å². The van der Waals surface area contributed by atoms with Crippen molar-refractivity contribution in [3.05, 3.63) is 77.9 Å². The highest BCUT2D eigenvalue weighted by Gasteiger charge is 2.24. The molecule has 148 valence electrons. The Balaban J connectivity index is 2.14. The van der Waals surface area contributed by atoms with Crippen LogP contribution in [0.5, 0.6) is 0 Å². The van der Waals surface area contributed by atoms with E-state index in [1.807, 2.05) is 67.6 Å². The van der Waals surface area contributed by atoms with Gasteiger partial charge in [-0.1, -0.05) is 60.7 Å². The minimum atomic E-state index is -0.959. The van der Waals surface area contributed by atoms with Gasteiger partial charge in [0.2, 0.25) is 0 Å². The summed E-state index contributed by atoms with van der Waals surface area (Å²) in [6, 6.07) is 18.0. The Bertz CT molecular complexity index is 808. The van der Waals surface area contributed by atoms with Crippen LogP contribution in [0, 0.1) is 0 Å². The molecular weight excluding hydrogens is 354 g/mol. The quantitative estimate of drug-likeness (QED) is 0.735. The normalized spacial score (nSPS) is 12.8. The Morgan fingerprint density at radius 1 is 1.00 bits per heavy atom. The number of benzene rings is 2. The summed E-state index contributed by atoms with van der Waals surface area (Å²) in [6.45, 7) is 7.30. The Kier molecular flexibility index (Phi) is 7.38. The van der Waals surface area contributed by atoms with Crippen LogP contribution >= 0.6 is 0 Å². The van der Waals surface area contributed by atoms with Crippen molar-refractivity contribution in [2.45, 2.75) is 45.9 Å². The summed E-state index contributed by atoms with van der Waals surface area (Å²) < 4.78 is 10.7. The summed E-state index contributed by atoms with van der Waals surface area (Å²) >= 11 is 0. The van der Waals surface area contributed by atoms with Crippen LogP contribution < -0.4 is 5.32 Å². The summed E-state index contributed by atoms with van der Waals surface area (Å²) in [5.41, 5.74) is 2.00. The fraction of sp³-hybridized carbons (Fsp3) is 0.304. The van der Waals surface area contributed by atoms with E-state index in [-0.39, 0.29) is 6.61 Å². The highest BCUT2D eigenvalue weighted by atomic mass is 16.6. The molecule has 0 aliphatic heterocycles. The van der Waals surface area contributed by atoms with Gasteiger partial charge in [0.05, 0.1) is 0 Å². The molecule has 1 unspecified atom stereocenters. The smallest absolute Gasteiger partial charge is 0.408 e. The third-order valence-electron chi connectivity index (χ3n) is 3.80. The first-order chi connectivity index (χ1) is 13.2. The van der Waals surface area contributed by atoms with Gasteiger partial charge in [0, 0.05) is 0 Å². The van der Waals surface area contributed by atoms with Gasteiger partial charge in [-0.25, -0.2) is 9.59 Å². The Morgan fingerprint density at radius 3 is 2.14 bits per heavy atom. The minimum absolute atomic E-state index is 0.129. The highest BCUT2D eigenvalue weighted by molar-refractivity contribution is 5.85. The Morgan fingerprint density at radius 2 is 1.57 bits per heavy atom. The van der Waals surface area contributed by atoms with Gasteiger partial charge < -0.3 is 14.8 Å². The minimum Gasteiger partial charge on any atom is -0.459 e. The highest BCUT2D eigenvalue weighted by Crippen LogP contribution is 2.15. The first-order valence-corrected chi connectivity index (χ1v) is 9.18. The molecule has 5 nitrogen and oxygen atoms in total. The first kappa shape index (κ1) is 21.2. The second-order valence-corrected chi connectivity index (χ2v) is 7.43. The van der Waals surface area contributed by atoms with Crippen molar-refractivity contribution in [2.24, 2.45) is 0 Å². The molecule has 0 aliphatic rings. The lowest BCUT2D eigenvalue weighted by Gasteiger charge is -2.22. The van der Waals surface area contributed by atoms with E-state index in [1.54, 1.807) is 26.8 Å². The lowest BCUT2D eigenvalue weighted by Crippen LogP contribution is -2.43. The van der Waals surface area contributed by atoms with Crippen molar-refractivity contribution in [2.75, 3.05) is 0 Å². The summed E-state index contributed by atoms with van der Waals surface area (Å²) in [5, 5.41) is 2.60. The van der Waals surface area contributed by atoms with Gasteiger partial charge in [-0.15, -0.1) is 0 Å². The van der Waals surface area contributed by atoms with Crippen molar-refractivity contribution in [3.8, 4) is 0 Å². The van der Waals surface area contributed by atoms with Crippen molar-refractivity contribution in [3.63, 3.8) is 0 Å². The van der Waals surface area contributed by atoms with Gasteiger partial charge in [-0.05, 0) is 50.5 Å². The number of ether oxygens (including phenoxy) is 2. The number of hydrogen-bond acceptors (Lipinski definition) is 4. The monoisotopic (exact) mass is 381 g/mol. The number of allylic oxidation sites excluding steroid dienone is 1. The third kappa shape index (κ3) is 7.27. The van der Waals surface area contributed by atoms with Crippen LogP contribution in [0.3, 0.4) is 0 Å². The van der Waals surface area contributed by atoms with Crippen LogP contribution in [-0.4, -0.2) is 23.7 Å². The maximum atomic E-state index is 12.6. The number of alkyl carbamates (subject to hydrolysis) is 1. The molecule has 2 rings (SSSR count). The van der Waals surface area contributed by atoms with Crippen LogP contribution in [-0.2, 0) is 20.9 Å². The van der Waals surface area contributed by atoms with Crippen LogP contribution in [0.25, 0.3) is 5.57 Å². The first-order valence-electron chi connectivity index (χ1n) is 9.18. The van der Waals surface area contributed by atoms with E-state index in [0.717, 1.165) is 16.7 Å². The Labute approximate surface area is 166 Å². The molecule has 0 saturated carbocycles. The molecule has 0 radical (unpaired) electrons. The van der Waals surface area contributed by atoms with Crippen LogP contribution in [0.4, 0.5) is 4.79 Å². The van der Waals surface area contributed by atoms with E-state index in [4.69, 9.17) is 9.47 Å². The molecule has 0 heterocycles. The van der Waals surface area contributed by atoms with Crippen LogP contribution in [0.2, 0.25) is 0 Å². The molecule has 0 aromatic heterocycles. The number of nitrogens with one attached hydrogen (secondary N) is 1. The van der Waals surface area contributed by atoms with Crippen LogP contribution in [0.15, 0.2) is 66.7 Å². The molecule has 0 fully saturated rings. The van der Waals surface area contributed by atoms with Crippen LogP contribution in [0.1, 0.15) is 38.8 Å². The average molecular weight is 381 g/mol. The number of hydrogen-bond donors (Lipinski definition) is 1. The molecule has 0 saturated heterocycles. The summed E-state index contributed by atoms with van der Waals surface area (Å²) in [5.74, 6) is -0.551. The average Bonchev–Trinajstić information content (AvgIpc) is 2.65. The standard InChI is InChI=1S/C23H27NO4/c1-17(19-13-9-6-10-14-19)15-20(24-22(26)28-23(2,3)4)21(25)27-16-18-11-7-5-8-12-18/h5-15,20H,16H2,1-4H3,(H,24,26)/b17-15+. The molecule has 1 N–H and O–H groups in total. The molecule has 0 spiro atoms. The number of carbonyl (C=O) groups excluding carboxylic acids is 2. The molecule has 2 aromatic rings. The number of rotatable bonds is 6. The van der Waals surface area contributed by atoms with Crippen molar-refractivity contribution in [1.29, 1.82) is 0 Å². The van der Waals surface area contributed by atoms with Gasteiger partial charge >= 0.3 is 12.1 Å². The summed E-state index contributed by atoms with van der Waals surface area (Å²) in [7, 11) is 0. The maximum Gasteiger partial charge on any atom is 0.408 e. The molecule has 28 heavy (non-hydrogen) atoms. The number of amides is 1. The summed E-state index contributed by atoms with van der Waals surface area (Å²) in [4.78, 5) is 24.8. The zero-order chi connectivity index (χ0) is 20.6. The van der Waals surface area contributed by atoms with Gasteiger partial charge in [0.15, 0.2) is 0 Å². The van der Waals surface area contributed by atoms with E-state index >= 15 is 0 Å². The SMILES string of the molecule is C/C(=C\C(NC(=O)OC(C)(C)C)C(=O)OCc1ccccc1)c1ccccc1. The van der Waals surface area contributed by atoms with Crippen molar-refractivity contribution < 1.29 is 19.1 Å². The van der Waals surface area contributed by atoms with Gasteiger partial charge in [0.1, 0.15) is 18.2 Å². The predicted molar refractivity (Wildman–Crippen MR) is 109 cm³/mol. The fourth-order valence-corrected chi connectivity index (χ4v) is 2.47. The zero-order valence-corrected chi connectivity index (χ0v) is 16.8.